The summed E-state index contributed by atoms with van der Waals surface area (Å²) in [5, 5.41) is 17.6. The number of hydrogen-bond acceptors (Lipinski definition) is 5. The highest BCUT2D eigenvalue weighted by molar-refractivity contribution is 5.87. The lowest BCUT2D eigenvalue weighted by atomic mass is 10.2. The van der Waals surface area contributed by atoms with Gasteiger partial charge in [-0.15, -0.1) is 0 Å². The van der Waals surface area contributed by atoms with Gasteiger partial charge in [0, 0.05) is 19.8 Å². The van der Waals surface area contributed by atoms with Crippen molar-refractivity contribution in [3.63, 3.8) is 0 Å². The van der Waals surface area contributed by atoms with E-state index in [0.29, 0.717) is 11.5 Å². The van der Waals surface area contributed by atoms with Crippen LogP contribution in [0.1, 0.15) is 16.1 Å². The van der Waals surface area contributed by atoms with E-state index in [4.69, 9.17) is 5.11 Å². The second kappa shape index (κ2) is 5.78. The fourth-order valence-electron chi connectivity index (χ4n) is 1.39. The molecular formula is C11H12N6O3. The van der Waals surface area contributed by atoms with Gasteiger partial charge in [-0.05, 0) is 11.6 Å². The average Bonchev–Trinajstić information content (AvgIpc) is 2.82. The number of aromatic carboxylic acids is 1. The third kappa shape index (κ3) is 3.28. The SMILES string of the molecule is Cn1ncnc1NC(=O)NCc1ccc(C(=O)O)nc1. The first-order chi connectivity index (χ1) is 9.56. The number of aryl methyl sites for hydroxylation is 1. The van der Waals surface area contributed by atoms with E-state index in [-0.39, 0.29) is 12.2 Å². The van der Waals surface area contributed by atoms with Crippen molar-refractivity contribution in [2.45, 2.75) is 6.54 Å². The number of hydrogen-bond donors (Lipinski definition) is 3. The number of carbonyl (C=O) groups excluding carboxylic acids is 1. The zero-order valence-corrected chi connectivity index (χ0v) is 10.6. The molecule has 0 aliphatic heterocycles. The molecule has 0 fully saturated rings. The van der Waals surface area contributed by atoms with Crippen molar-refractivity contribution in [2.24, 2.45) is 7.05 Å². The van der Waals surface area contributed by atoms with Crippen LogP contribution < -0.4 is 10.6 Å². The predicted molar refractivity (Wildman–Crippen MR) is 68.1 cm³/mol. The maximum Gasteiger partial charge on any atom is 0.354 e. The maximum atomic E-state index is 11.6. The number of nitrogens with zero attached hydrogens (tertiary/aromatic N) is 4. The number of aromatic nitrogens is 4. The highest BCUT2D eigenvalue weighted by atomic mass is 16.4. The monoisotopic (exact) mass is 276 g/mol. The summed E-state index contributed by atoms with van der Waals surface area (Å²) in [5.41, 5.74) is 0.639. The molecule has 0 unspecified atom stereocenters. The zero-order valence-electron chi connectivity index (χ0n) is 10.6. The van der Waals surface area contributed by atoms with Gasteiger partial charge in [0.1, 0.15) is 12.0 Å². The fraction of sp³-hybridized carbons (Fsp3) is 0.182. The lowest BCUT2D eigenvalue weighted by Crippen LogP contribution is -2.29. The molecule has 0 spiro atoms. The first-order valence-electron chi connectivity index (χ1n) is 5.63. The minimum absolute atomic E-state index is 0.0442. The molecule has 3 N–H and O–H groups in total. The van der Waals surface area contributed by atoms with Gasteiger partial charge >= 0.3 is 12.0 Å². The Bertz CT molecular complexity index is 621. The molecular weight excluding hydrogens is 264 g/mol. The Kier molecular flexibility index (Phi) is 3.89. The lowest BCUT2D eigenvalue weighted by molar-refractivity contribution is 0.0690. The summed E-state index contributed by atoms with van der Waals surface area (Å²) >= 11 is 0. The third-order valence-electron chi connectivity index (χ3n) is 2.43. The van der Waals surface area contributed by atoms with Gasteiger partial charge in [0.2, 0.25) is 5.95 Å². The number of pyridine rings is 1. The van der Waals surface area contributed by atoms with Gasteiger partial charge in [0.05, 0.1) is 0 Å². The normalized spacial score (nSPS) is 10.1. The molecule has 0 atom stereocenters. The predicted octanol–water partition coefficient (Wildman–Crippen LogP) is 0.230. The zero-order chi connectivity index (χ0) is 14.5. The van der Waals surface area contributed by atoms with Gasteiger partial charge in [-0.2, -0.15) is 10.1 Å². The van der Waals surface area contributed by atoms with E-state index < -0.39 is 12.0 Å². The quantitative estimate of drug-likeness (QED) is 0.734. The fourth-order valence-corrected chi connectivity index (χ4v) is 1.39. The number of anilines is 1. The lowest BCUT2D eigenvalue weighted by Gasteiger charge is -2.06. The van der Waals surface area contributed by atoms with Gasteiger partial charge in [-0.3, -0.25) is 5.32 Å². The van der Waals surface area contributed by atoms with E-state index in [1.54, 1.807) is 13.1 Å². The van der Waals surface area contributed by atoms with Crippen LogP contribution in [0.4, 0.5) is 10.7 Å². The summed E-state index contributed by atoms with van der Waals surface area (Å²) in [7, 11) is 1.65. The van der Waals surface area contributed by atoms with Crippen LogP contribution in [0.15, 0.2) is 24.7 Å². The topological polar surface area (TPSA) is 122 Å². The summed E-state index contributed by atoms with van der Waals surface area (Å²) in [6, 6.07) is 2.52. The minimum Gasteiger partial charge on any atom is -0.477 e. The van der Waals surface area contributed by atoms with Gasteiger partial charge in [0.15, 0.2) is 0 Å². The van der Waals surface area contributed by atoms with Crippen molar-refractivity contribution < 1.29 is 14.7 Å². The smallest absolute Gasteiger partial charge is 0.354 e. The van der Waals surface area contributed by atoms with Crippen LogP contribution in [0, 0.1) is 0 Å². The van der Waals surface area contributed by atoms with Crippen molar-refractivity contribution in [2.75, 3.05) is 5.32 Å². The Hall–Kier alpha value is -2.97. The minimum atomic E-state index is -1.09. The molecule has 2 aromatic rings. The molecule has 0 radical (unpaired) electrons. The van der Waals surface area contributed by atoms with Crippen LogP contribution >= 0.6 is 0 Å². The number of carbonyl (C=O) groups is 2. The van der Waals surface area contributed by atoms with Crippen LogP contribution in [0.2, 0.25) is 0 Å². The Balaban J connectivity index is 1.87. The molecule has 0 saturated carbocycles. The molecule has 104 valence electrons. The van der Waals surface area contributed by atoms with Crippen LogP contribution in [-0.4, -0.2) is 36.9 Å². The summed E-state index contributed by atoms with van der Waals surface area (Å²) in [6.07, 6.45) is 2.72. The Labute approximate surface area is 113 Å². The van der Waals surface area contributed by atoms with Gasteiger partial charge in [-0.25, -0.2) is 19.3 Å². The number of rotatable bonds is 4. The molecule has 0 aliphatic rings. The molecule has 0 aliphatic carbocycles. The van der Waals surface area contributed by atoms with E-state index in [1.807, 2.05) is 0 Å². The van der Waals surface area contributed by atoms with Crippen molar-refractivity contribution in [1.29, 1.82) is 0 Å². The number of carboxylic acids is 1. The second-order valence-corrected chi connectivity index (χ2v) is 3.87. The first kappa shape index (κ1) is 13.5. The van der Waals surface area contributed by atoms with Gasteiger partial charge < -0.3 is 10.4 Å². The molecule has 0 saturated heterocycles. The van der Waals surface area contributed by atoms with E-state index in [2.05, 4.69) is 25.7 Å². The summed E-state index contributed by atoms with van der Waals surface area (Å²) in [4.78, 5) is 29.8. The molecule has 0 bridgehead atoms. The molecule has 2 amide bonds. The highest BCUT2D eigenvalue weighted by Crippen LogP contribution is 2.01. The van der Waals surface area contributed by atoms with Crippen LogP contribution in [-0.2, 0) is 13.6 Å². The van der Waals surface area contributed by atoms with Crippen molar-refractivity contribution in [3.8, 4) is 0 Å². The first-order valence-corrected chi connectivity index (χ1v) is 5.63. The largest absolute Gasteiger partial charge is 0.477 e. The Morgan fingerprint density at radius 1 is 1.35 bits per heavy atom. The summed E-state index contributed by atoms with van der Waals surface area (Å²) in [5.74, 6) is -0.772. The second-order valence-electron chi connectivity index (χ2n) is 3.87. The Morgan fingerprint density at radius 3 is 2.70 bits per heavy atom. The van der Waals surface area contributed by atoms with Crippen LogP contribution in [0.5, 0.6) is 0 Å². The average molecular weight is 276 g/mol. The van der Waals surface area contributed by atoms with E-state index in [9.17, 15) is 9.59 Å². The van der Waals surface area contributed by atoms with Crippen molar-refractivity contribution >= 4 is 17.9 Å². The van der Waals surface area contributed by atoms with E-state index in [1.165, 1.54) is 23.3 Å². The highest BCUT2D eigenvalue weighted by Gasteiger charge is 2.07. The molecule has 9 nitrogen and oxygen atoms in total. The van der Waals surface area contributed by atoms with Crippen molar-refractivity contribution in [1.82, 2.24) is 25.1 Å². The third-order valence-corrected chi connectivity index (χ3v) is 2.43. The number of nitrogens with one attached hydrogen (secondary N) is 2. The summed E-state index contributed by atoms with van der Waals surface area (Å²) < 4.78 is 1.42. The number of carboxylic acid groups (broad SMARTS) is 1. The van der Waals surface area contributed by atoms with Crippen LogP contribution in [0.25, 0.3) is 0 Å². The number of amides is 2. The molecule has 20 heavy (non-hydrogen) atoms. The van der Waals surface area contributed by atoms with E-state index >= 15 is 0 Å². The van der Waals surface area contributed by atoms with E-state index in [0.717, 1.165) is 0 Å². The molecule has 2 heterocycles. The molecule has 0 aromatic carbocycles. The van der Waals surface area contributed by atoms with Gasteiger partial charge in [-0.1, -0.05) is 6.07 Å². The van der Waals surface area contributed by atoms with Crippen molar-refractivity contribution in [3.05, 3.63) is 35.9 Å². The Morgan fingerprint density at radius 2 is 2.15 bits per heavy atom. The molecule has 2 rings (SSSR count). The molecule has 9 heteroatoms. The maximum absolute atomic E-state index is 11.6. The van der Waals surface area contributed by atoms with Gasteiger partial charge in [0.25, 0.3) is 0 Å². The van der Waals surface area contributed by atoms with Crippen LogP contribution in [0.3, 0.4) is 0 Å². The number of urea groups is 1. The summed E-state index contributed by atoms with van der Waals surface area (Å²) in [6.45, 7) is 0.219. The molecule has 2 aromatic heterocycles. The standard InChI is InChI=1S/C11H12N6O3/c1-17-10(14-6-15-17)16-11(20)13-5-7-2-3-8(9(18)19)12-4-7/h2-4,6H,5H2,1H3,(H,18,19)(H2,13,14,15,16,20).